The van der Waals surface area contributed by atoms with E-state index in [0.29, 0.717) is 12.1 Å². The van der Waals surface area contributed by atoms with Gasteiger partial charge in [0.05, 0.1) is 16.8 Å². The van der Waals surface area contributed by atoms with Gasteiger partial charge in [0.1, 0.15) is 0 Å². The Morgan fingerprint density at radius 1 is 1.03 bits per heavy atom. The number of ether oxygens (including phenoxy) is 1. The third-order valence-corrected chi connectivity index (χ3v) is 5.55. The lowest BCUT2D eigenvalue weighted by Crippen LogP contribution is -2.45. The van der Waals surface area contributed by atoms with E-state index in [9.17, 15) is 22.8 Å². The Balaban J connectivity index is 1.87. The fraction of sp³-hybridized carbons (Fsp3) is 0.304. The number of nitrogens with zero attached hydrogens (tertiary/aromatic N) is 1. The number of imide groups is 1. The summed E-state index contributed by atoms with van der Waals surface area (Å²) in [4.78, 5) is 27.7. The molecule has 2 heterocycles. The molecule has 0 saturated carbocycles. The van der Waals surface area contributed by atoms with Gasteiger partial charge in [0, 0.05) is 6.61 Å². The van der Waals surface area contributed by atoms with Gasteiger partial charge in [0.25, 0.3) is 11.8 Å². The van der Waals surface area contributed by atoms with Crippen LogP contribution in [0.4, 0.5) is 18.9 Å². The molecule has 0 aliphatic carbocycles. The van der Waals surface area contributed by atoms with Crippen LogP contribution in [0.15, 0.2) is 54.1 Å². The van der Waals surface area contributed by atoms with E-state index in [0.717, 1.165) is 23.0 Å². The van der Waals surface area contributed by atoms with Crippen molar-refractivity contribution in [2.24, 2.45) is 0 Å². The van der Waals surface area contributed by atoms with Crippen LogP contribution < -0.4 is 4.90 Å². The molecule has 2 aliphatic heterocycles. The minimum atomic E-state index is -4.59. The number of alkyl halides is 3. The number of hydrogen-bond acceptors (Lipinski definition) is 3. The molecule has 0 aromatic heterocycles. The highest BCUT2D eigenvalue weighted by Gasteiger charge is 2.58. The van der Waals surface area contributed by atoms with Gasteiger partial charge < -0.3 is 4.74 Å². The Morgan fingerprint density at radius 3 is 2.37 bits per heavy atom. The molecular weight excluding hydrogens is 395 g/mol. The number of carbonyl (C=O) groups excluding carboxylic acids is 2. The van der Waals surface area contributed by atoms with Crippen molar-refractivity contribution in [3.63, 3.8) is 0 Å². The average molecular weight is 415 g/mol. The first-order valence-electron chi connectivity index (χ1n) is 9.72. The number of halogens is 3. The molecule has 156 valence electrons. The zero-order valence-electron chi connectivity index (χ0n) is 16.3. The second-order valence-electron chi connectivity index (χ2n) is 7.56. The monoisotopic (exact) mass is 415 g/mol. The summed E-state index contributed by atoms with van der Waals surface area (Å²) in [7, 11) is 0. The van der Waals surface area contributed by atoms with Crippen molar-refractivity contribution < 1.29 is 27.5 Å². The highest BCUT2D eigenvalue weighted by Crippen LogP contribution is 2.44. The van der Waals surface area contributed by atoms with Crippen LogP contribution in [0.3, 0.4) is 0 Å². The molecule has 1 spiro atoms. The van der Waals surface area contributed by atoms with Crippen molar-refractivity contribution in [1.29, 1.82) is 0 Å². The van der Waals surface area contributed by atoms with Crippen molar-refractivity contribution in [2.45, 2.75) is 38.0 Å². The molecule has 2 aromatic rings. The number of hydrogen-bond donors (Lipinski definition) is 0. The van der Waals surface area contributed by atoms with Crippen LogP contribution in [0.2, 0.25) is 0 Å². The zero-order chi connectivity index (χ0) is 21.5. The second kappa shape index (κ2) is 7.40. The van der Waals surface area contributed by atoms with Gasteiger partial charge in [-0.1, -0.05) is 35.9 Å². The maximum atomic E-state index is 13.5. The van der Waals surface area contributed by atoms with E-state index in [1.54, 1.807) is 24.3 Å². The van der Waals surface area contributed by atoms with E-state index >= 15 is 0 Å². The van der Waals surface area contributed by atoms with Gasteiger partial charge in [-0.15, -0.1) is 0 Å². The van der Waals surface area contributed by atoms with Crippen LogP contribution in [0.25, 0.3) is 6.08 Å². The minimum Gasteiger partial charge on any atom is -0.360 e. The summed E-state index contributed by atoms with van der Waals surface area (Å²) in [5.74, 6) is -1.20. The average Bonchev–Trinajstić information content (AvgIpc) is 2.90. The number of carbonyl (C=O) groups is 2. The smallest absolute Gasteiger partial charge is 0.360 e. The molecule has 1 atom stereocenters. The van der Waals surface area contributed by atoms with Crippen molar-refractivity contribution >= 4 is 23.6 Å². The molecule has 30 heavy (non-hydrogen) atoms. The van der Waals surface area contributed by atoms with Crippen LogP contribution in [-0.4, -0.2) is 24.0 Å². The molecule has 1 unspecified atom stereocenters. The van der Waals surface area contributed by atoms with Gasteiger partial charge in [0.2, 0.25) is 0 Å². The summed E-state index contributed by atoms with van der Waals surface area (Å²) in [6.45, 7) is 2.14. The topological polar surface area (TPSA) is 46.6 Å². The third kappa shape index (κ3) is 3.33. The molecular formula is C23H20F3NO3. The first-order valence-corrected chi connectivity index (χ1v) is 9.72. The van der Waals surface area contributed by atoms with Crippen LogP contribution in [-0.2, 0) is 20.5 Å². The number of amides is 2. The summed E-state index contributed by atoms with van der Waals surface area (Å²) in [6.07, 6.45) is -1.81. The van der Waals surface area contributed by atoms with E-state index in [-0.39, 0.29) is 24.2 Å². The summed E-state index contributed by atoms with van der Waals surface area (Å²) < 4.78 is 46.3. The van der Waals surface area contributed by atoms with E-state index in [4.69, 9.17) is 4.74 Å². The second-order valence-corrected chi connectivity index (χ2v) is 7.56. The molecule has 4 rings (SSSR count). The Hall–Kier alpha value is -2.93. The Bertz CT molecular complexity index is 1020. The Morgan fingerprint density at radius 2 is 1.73 bits per heavy atom. The summed E-state index contributed by atoms with van der Waals surface area (Å²) in [6, 6.07) is 11.8. The highest BCUT2D eigenvalue weighted by molar-refractivity contribution is 6.33. The molecule has 0 radical (unpaired) electrons. The summed E-state index contributed by atoms with van der Waals surface area (Å²) in [5.41, 5.74) is -1.31. The molecule has 2 aliphatic rings. The minimum absolute atomic E-state index is 0.0514. The fourth-order valence-electron chi connectivity index (χ4n) is 4.00. The standard InChI is InChI=1S/C23H20F3NO3/c1-15-8-10-17(11-9-15)27-20(28)19(22(21(27)29)12-4-5-13-30-22)14-16-6-2-3-7-18(16)23(24,25)26/h2-3,6-11,14H,4-5,12-13H2,1H3/b19-14-. The van der Waals surface area contributed by atoms with Crippen LogP contribution in [0, 0.1) is 6.92 Å². The van der Waals surface area contributed by atoms with Gasteiger partial charge >= 0.3 is 6.18 Å². The number of benzene rings is 2. The maximum absolute atomic E-state index is 13.5. The lowest BCUT2D eigenvalue weighted by Gasteiger charge is -2.32. The van der Waals surface area contributed by atoms with Gasteiger partial charge in [-0.25, -0.2) is 4.90 Å². The number of anilines is 1. The lowest BCUT2D eigenvalue weighted by molar-refractivity contribution is -0.140. The van der Waals surface area contributed by atoms with Crippen molar-refractivity contribution in [1.82, 2.24) is 0 Å². The summed E-state index contributed by atoms with van der Waals surface area (Å²) in [5, 5.41) is 0. The number of rotatable bonds is 2. The molecule has 2 amide bonds. The molecule has 0 bridgehead atoms. The molecule has 2 fully saturated rings. The number of aryl methyl sites for hydroxylation is 1. The van der Waals surface area contributed by atoms with E-state index in [2.05, 4.69) is 0 Å². The largest absolute Gasteiger partial charge is 0.416 e. The van der Waals surface area contributed by atoms with Crippen molar-refractivity contribution in [3.8, 4) is 0 Å². The first kappa shape index (κ1) is 20.3. The maximum Gasteiger partial charge on any atom is 0.416 e. The molecule has 7 heteroatoms. The van der Waals surface area contributed by atoms with Crippen molar-refractivity contribution in [3.05, 3.63) is 70.8 Å². The first-order chi connectivity index (χ1) is 14.2. The SMILES string of the molecule is Cc1ccc(N2C(=O)/C(=C/c3ccccc3C(F)(F)F)C3(CCCCO3)C2=O)cc1. The normalized spacial score (nSPS) is 23.6. The van der Waals surface area contributed by atoms with Gasteiger partial charge in [0.15, 0.2) is 5.60 Å². The van der Waals surface area contributed by atoms with Crippen LogP contribution >= 0.6 is 0 Å². The quantitative estimate of drug-likeness (QED) is 0.517. The Labute approximate surface area is 171 Å². The third-order valence-electron chi connectivity index (χ3n) is 5.55. The fourth-order valence-corrected chi connectivity index (χ4v) is 4.00. The predicted octanol–water partition coefficient (Wildman–Crippen LogP) is 4.91. The van der Waals surface area contributed by atoms with Gasteiger partial charge in [-0.05, 0) is 56.0 Å². The van der Waals surface area contributed by atoms with Crippen LogP contribution in [0.5, 0.6) is 0 Å². The van der Waals surface area contributed by atoms with E-state index in [1.807, 2.05) is 6.92 Å². The van der Waals surface area contributed by atoms with E-state index in [1.165, 1.54) is 24.3 Å². The predicted molar refractivity (Wildman–Crippen MR) is 106 cm³/mol. The molecule has 2 aromatic carbocycles. The molecule has 0 N–H and O–H groups in total. The molecule has 2 saturated heterocycles. The highest BCUT2D eigenvalue weighted by atomic mass is 19.4. The van der Waals surface area contributed by atoms with E-state index < -0.39 is 29.2 Å². The summed E-state index contributed by atoms with van der Waals surface area (Å²) >= 11 is 0. The van der Waals surface area contributed by atoms with Crippen LogP contribution in [0.1, 0.15) is 36.0 Å². The van der Waals surface area contributed by atoms with Gasteiger partial charge in [-0.2, -0.15) is 13.2 Å². The van der Waals surface area contributed by atoms with Gasteiger partial charge in [-0.3, -0.25) is 9.59 Å². The zero-order valence-corrected chi connectivity index (χ0v) is 16.3. The van der Waals surface area contributed by atoms with Crippen molar-refractivity contribution in [2.75, 3.05) is 11.5 Å². The lowest BCUT2D eigenvalue weighted by atomic mass is 9.86. The Kier molecular flexibility index (Phi) is 5.02. The molecule has 4 nitrogen and oxygen atoms in total.